The van der Waals surface area contributed by atoms with Gasteiger partial charge in [-0.1, -0.05) is 6.58 Å². The molecule has 0 saturated carbocycles. The van der Waals surface area contributed by atoms with Crippen LogP contribution in [0.5, 0.6) is 0 Å². The third kappa shape index (κ3) is 1.56. The van der Waals surface area contributed by atoms with Gasteiger partial charge in [0.1, 0.15) is 5.69 Å². The summed E-state index contributed by atoms with van der Waals surface area (Å²) in [6.45, 7) is 10.4. The molecular formula is C12H16N4. The Morgan fingerprint density at radius 1 is 1.31 bits per heavy atom. The van der Waals surface area contributed by atoms with Crippen LogP contribution in [0.4, 0.5) is 11.4 Å². The van der Waals surface area contributed by atoms with Gasteiger partial charge >= 0.3 is 0 Å². The first-order valence-electron chi connectivity index (χ1n) is 5.17. The van der Waals surface area contributed by atoms with Gasteiger partial charge in [-0.2, -0.15) is 0 Å². The number of anilines is 1. The first-order chi connectivity index (χ1) is 7.41. The minimum atomic E-state index is -0.0527. The van der Waals surface area contributed by atoms with Gasteiger partial charge in [0.25, 0.3) is 0 Å². The van der Waals surface area contributed by atoms with E-state index in [2.05, 4.69) is 37.3 Å². The number of nitrogens with zero attached hydrogens (tertiary/aromatic N) is 3. The topological polar surface area (TPSA) is 54.5 Å². The Bertz CT molecular complexity index is 468. The van der Waals surface area contributed by atoms with Gasteiger partial charge in [0.05, 0.1) is 18.2 Å². The third-order valence-electron chi connectivity index (χ3n) is 2.57. The van der Waals surface area contributed by atoms with E-state index in [1.807, 2.05) is 4.90 Å². The first-order valence-corrected chi connectivity index (χ1v) is 5.17. The molecule has 1 aromatic heterocycles. The highest BCUT2D eigenvalue weighted by molar-refractivity contribution is 5.90. The Balaban J connectivity index is 2.52. The van der Waals surface area contributed by atoms with Crippen LogP contribution in [0.1, 0.15) is 26.3 Å². The number of aromatic nitrogens is 1. The van der Waals surface area contributed by atoms with E-state index >= 15 is 0 Å². The molecule has 0 saturated heterocycles. The molecule has 2 heterocycles. The standard InChI is InChI=1S/C12H16N4/c1-8-9-5-14-6-10(13)11(9)15-7-16(8)12(2,3)4/h5-7H,1,13H2,2-4H3. The maximum Gasteiger partial charge on any atom is 0.100 e. The molecule has 0 amide bonds. The van der Waals surface area contributed by atoms with Crippen LogP contribution in [0.25, 0.3) is 5.70 Å². The average molecular weight is 216 g/mol. The van der Waals surface area contributed by atoms with Crippen LogP contribution in [0.2, 0.25) is 0 Å². The summed E-state index contributed by atoms with van der Waals surface area (Å²) in [5.41, 5.74) is 8.91. The van der Waals surface area contributed by atoms with E-state index in [-0.39, 0.29) is 5.54 Å². The van der Waals surface area contributed by atoms with Gasteiger partial charge < -0.3 is 10.6 Å². The van der Waals surface area contributed by atoms with Crippen molar-refractivity contribution in [1.29, 1.82) is 0 Å². The molecule has 0 spiro atoms. The number of pyridine rings is 1. The van der Waals surface area contributed by atoms with Crippen LogP contribution in [0.15, 0.2) is 24.0 Å². The molecule has 2 rings (SSSR count). The van der Waals surface area contributed by atoms with Crippen LogP contribution < -0.4 is 5.73 Å². The van der Waals surface area contributed by atoms with Crippen LogP contribution in [0.3, 0.4) is 0 Å². The van der Waals surface area contributed by atoms with E-state index in [9.17, 15) is 0 Å². The lowest BCUT2D eigenvalue weighted by Crippen LogP contribution is -2.39. The van der Waals surface area contributed by atoms with Gasteiger partial charge in [-0.05, 0) is 20.8 Å². The van der Waals surface area contributed by atoms with E-state index in [0.29, 0.717) is 5.69 Å². The van der Waals surface area contributed by atoms with E-state index < -0.39 is 0 Å². The molecule has 0 unspecified atom stereocenters. The SMILES string of the molecule is C=C1c2cncc(N)c2N=CN1C(C)(C)C. The summed E-state index contributed by atoms with van der Waals surface area (Å²) < 4.78 is 0. The Hall–Kier alpha value is -1.84. The lowest BCUT2D eigenvalue weighted by Gasteiger charge is -2.37. The van der Waals surface area contributed by atoms with Crippen molar-refractivity contribution in [2.45, 2.75) is 26.3 Å². The number of hydrogen-bond acceptors (Lipinski definition) is 4. The lowest BCUT2D eigenvalue weighted by atomic mass is 10.0. The zero-order valence-electron chi connectivity index (χ0n) is 9.86. The summed E-state index contributed by atoms with van der Waals surface area (Å²) in [7, 11) is 0. The van der Waals surface area contributed by atoms with Gasteiger partial charge in [0.2, 0.25) is 0 Å². The van der Waals surface area contributed by atoms with Gasteiger partial charge in [-0.3, -0.25) is 4.98 Å². The Morgan fingerprint density at radius 3 is 2.62 bits per heavy atom. The summed E-state index contributed by atoms with van der Waals surface area (Å²) in [4.78, 5) is 10.5. The third-order valence-corrected chi connectivity index (χ3v) is 2.57. The number of rotatable bonds is 0. The number of hydrogen-bond donors (Lipinski definition) is 1. The second-order valence-electron chi connectivity index (χ2n) is 4.86. The van der Waals surface area contributed by atoms with Crippen molar-refractivity contribution >= 4 is 23.4 Å². The zero-order valence-corrected chi connectivity index (χ0v) is 9.86. The molecule has 1 aliphatic rings. The largest absolute Gasteiger partial charge is 0.396 e. The van der Waals surface area contributed by atoms with Gasteiger partial charge in [-0.15, -0.1) is 0 Å². The molecule has 2 N–H and O–H groups in total. The summed E-state index contributed by atoms with van der Waals surface area (Å²) in [5.74, 6) is 0. The highest BCUT2D eigenvalue weighted by Gasteiger charge is 2.26. The van der Waals surface area contributed by atoms with E-state index in [1.165, 1.54) is 0 Å². The molecule has 0 fully saturated rings. The fourth-order valence-corrected chi connectivity index (χ4v) is 1.72. The maximum absolute atomic E-state index is 5.82. The van der Waals surface area contributed by atoms with Crippen molar-refractivity contribution in [2.24, 2.45) is 4.99 Å². The predicted molar refractivity (Wildman–Crippen MR) is 67.4 cm³/mol. The highest BCUT2D eigenvalue weighted by atomic mass is 15.2. The molecule has 0 atom stereocenters. The maximum atomic E-state index is 5.82. The molecule has 0 aromatic carbocycles. The molecular weight excluding hydrogens is 200 g/mol. The summed E-state index contributed by atoms with van der Waals surface area (Å²) >= 11 is 0. The fourth-order valence-electron chi connectivity index (χ4n) is 1.72. The van der Waals surface area contributed by atoms with Crippen molar-refractivity contribution in [3.63, 3.8) is 0 Å². The van der Waals surface area contributed by atoms with Gasteiger partial charge in [0.15, 0.2) is 0 Å². The lowest BCUT2D eigenvalue weighted by molar-refractivity contribution is 0.334. The highest BCUT2D eigenvalue weighted by Crippen LogP contribution is 2.37. The Morgan fingerprint density at radius 2 is 2.00 bits per heavy atom. The second-order valence-corrected chi connectivity index (χ2v) is 4.86. The van der Waals surface area contributed by atoms with Crippen molar-refractivity contribution in [3.8, 4) is 0 Å². The van der Waals surface area contributed by atoms with Gasteiger partial charge in [-0.25, -0.2) is 4.99 Å². The summed E-state index contributed by atoms with van der Waals surface area (Å²) in [5, 5.41) is 0. The van der Waals surface area contributed by atoms with Crippen molar-refractivity contribution < 1.29 is 0 Å². The van der Waals surface area contributed by atoms with Crippen LogP contribution in [-0.4, -0.2) is 21.8 Å². The molecule has 4 heteroatoms. The van der Waals surface area contributed by atoms with Crippen molar-refractivity contribution in [2.75, 3.05) is 5.73 Å². The Labute approximate surface area is 95.5 Å². The molecule has 16 heavy (non-hydrogen) atoms. The van der Waals surface area contributed by atoms with Crippen molar-refractivity contribution in [3.05, 3.63) is 24.5 Å². The molecule has 1 aromatic rings. The molecule has 0 aliphatic carbocycles. The van der Waals surface area contributed by atoms with E-state index in [4.69, 9.17) is 5.73 Å². The second kappa shape index (κ2) is 3.33. The van der Waals surface area contributed by atoms with E-state index in [0.717, 1.165) is 16.9 Å². The molecule has 0 bridgehead atoms. The molecule has 4 nitrogen and oxygen atoms in total. The van der Waals surface area contributed by atoms with Crippen molar-refractivity contribution in [1.82, 2.24) is 9.88 Å². The predicted octanol–water partition coefficient (Wildman–Crippen LogP) is 2.41. The fraction of sp³-hybridized carbons (Fsp3) is 0.333. The summed E-state index contributed by atoms with van der Waals surface area (Å²) in [6.07, 6.45) is 5.14. The molecule has 84 valence electrons. The van der Waals surface area contributed by atoms with Crippen LogP contribution >= 0.6 is 0 Å². The summed E-state index contributed by atoms with van der Waals surface area (Å²) in [6, 6.07) is 0. The normalized spacial score (nSPS) is 15.2. The number of nitrogen functional groups attached to an aromatic ring is 1. The van der Waals surface area contributed by atoms with Crippen LogP contribution in [0, 0.1) is 0 Å². The number of aliphatic imine (C=N–C) groups is 1. The number of fused-ring (bicyclic) bond motifs is 1. The minimum absolute atomic E-state index is 0.0527. The van der Waals surface area contributed by atoms with Gasteiger partial charge in [0, 0.05) is 23.0 Å². The first kappa shape index (κ1) is 10.7. The van der Waals surface area contributed by atoms with Crippen LogP contribution in [-0.2, 0) is 0 Å². The Kier molecular flexibility index (Phi) is 2.22. The average Bonchev–Trinajstić information content (AvgIpc) is 2.18. The smallest absolute Gasteiger partial charge is 0.100 e. The monoisotopic (exact) mass is 216 g/mol. The quantitative estimate of drug-likeness (QED) is 0.724. The minimum Gasteiger partial charge on any atom is -0.396 e. The molecule has 0 radical (unpaired) electrons. The molecule has 1 aliphatic heterocycles. The zero-order chi connectivity index (χ0) is 11.9. The van der Waals surface area contributed by atoms with E-state index in [1.54, 1.807) is 18.7 Å². The number of nitrogens with two attached hydrogens (primary N) is 1.